The molecule has 0 aliphatic rings. The van der Waals surface area contributed by atoms with E-state index in [2.05, 4.69) is 15.9 Å². The molecule has 0 aromatic heterocycles. The summed E-state index contributed by atoms with van der Waals surface area (Å²) in [5, 5.41) is 0. The zero-order chi connectivity index (χ0) is 8.43. The molecule has 1 nitrogen and oxygen atoms in total. The third-order valence-corrected chi connectivity index (χ3v) is 2.14. The van der Waals surface area contributed by atoms with E-state index in [1.807, 2.05) is 6.92 Å². The zero-order valence-corrected chi connectivity index (χ0v) is 7.73. The topological polar surface area (TPSA) is 26.0 Å². The fraction of sp³-hybridized carbons (Fsp3) is 0.250. The van der Waals surface area contributed by atoms with Crippen molar-refractivity contribution in [3.8, 4) is 0 Å². The normalized spacial score (nSPS) is 13.1. The van der Waals surface area contributed by atoms with Crippen LogP contribution in [0.3, 0.4) is 0 Å². The zero-order valence-electron chi connectivity index (χ0n) is 6.14. The molecule has 1 atom stereocenters. The molecule has 0 bridgehead atoms. The fourth-order valence-corrected chi connectivity index (χ4v) is 1.58. The summed E-state index contributed by atoms with van der Waals surface area (Å²) < 4.78 is 13.3. The van der Waals surface area contributed by atoms with Gasteiger partial charge >= 0.3 is 0 Å². The summed E-state index contributed by atoms with van der Waals surface area (Å²) in [6, 6.07) is 4.44. The van der Waals surface area contributed by atoms with E-state index in [1.54, 1.807) is 6.07 Å². The monoisotopic (exact) mass is 217 g/mol. The molecule has 0 saturated heterocycles. The van der Waals surface area contributed by atoms with Crippen LogP contribution in [0.4, 0.5) is 4.39 Å². The van der Waals surface area contributed by atoms with Crippen molar-refractivity contribution < 1.29 is 4.39 Å². The number of hydrogen-bond donors (Lipinski definition) is 1. The third-order valence-electron chi connectivity index (χ3n) is 1.45. The Morgan fingerprint density at radius 3 is 2.64 bits per heavy atom. The van der Waals surface area contributed by atoms with Crippen molar-refractivity contribution in [3.05, 3.63) is 34.1 Å². The molecule has 0 aliphatic heterocycles. The molecule has 0 radical (unpaired) electrons. The molecule has 2 N–H and O–H groups in total. The minimum absolute atomic E-state index is 0.0648. The van der Waals surface area contributed by atoms with E-state index < -0.39 is 0 Å². The average Bonchev–Trinajstić information content (AvgIpc) is 1.85. The van der Waals surface area contributed by atoms with Gasteiger partial charge in [0.1, 0.15) is 5.82 Å². The standard InChI is InChI=1S/C8H9BrFN/c1-5(11)7-3-2-6(10)4-8(7)9/h2-5H,11H2,1H3/t5-/m0/s1. The van der Waals surface area contributed by atoms with E-state index >= 15 is 0 Å². The molecule has 0 spiro atoms. The summed E-state index contributed by atoms with van der Waals surface area (Å²) >= 11 is 3.23. The van der Waals surface area contributed by atoms with Gasteiger partial charge in [-0.05, 0) is 24.6 Å². The molecule has 1 aromatic rings. The fourth-order valence-electron chi connectivity index (χ4n) is 0.871. The second-order valence-corrected chi connectivity index (χ2v) is 3.31. The van der Waals surface area contributed by atoms with Gasteiger partial charge in [0.15, 0.2) is 0 Å². The number of halogens is 2. The first kappa shape index (κ1) is 8.68. The second kappa shape index (κ2) is 3.32. The van der Waals surface area contributed by atoms with Crippen LogP contribution in [-0.2, 0) is 0 Å². The molecule has 0 heterocycles. The van der Waals surface area contributed by atoms with Crippen molar-refractivity contribution in [2.24, 2.45) is 5.73 Å². The summed E-state index contributed by atoms with van der Waals surface area (Å²) in [7, 11) is 0. The van der Waals surface area contributed by atoms with Gasteiger partial charge in [-0.2, -0.15) is 0 Å². The van der Waals surface area contributed by atoms with E-state index in [-0.39, 0.29) is 11.9 Å². The predicted octanol–water partition coefficient (Wildman–Crippen LogP) is 2.61. The van der Waals surface area contributed by atoms with Crippen molar-refractivity contribution in [1.82, 2.24) is 0 Å². The molecular weight excluding hydrogens is 209 g/mol. The van der Waals surface area contributed by atoms with Crippen molar-refractivity contribution in [2.75, 3.05) is 0 Å². The van der Waals surface area contributed by atoms with Crippen molar-refractivity contribution in [1.29, 1.82) is 0 Å². The highest BCUT2D eigenvalue weighted by Crippen LogP contribution is 2.22. The lowest BCUT2D eigenvalue weighted by Gasteiger charge is -2.07. The second-order valence-electron chi connectivity index (χ2n) is 2.45. The maximum atomic E-state index is 12.5. The van der Waals surface area contributed by atoms with Gasteiger partial charge in [-0.3, -0.25) is 0 Å². The van der Waals surface area contributed by atoms with Crippen molar-refractivity contribution in [2.45, 2.75) is 13.0 Å². The first-order valence-electron chi connectivity index (χ1n) is 3.32. The van der Waals surface area contributed by atoms with E-state index in [0.29, 0.717) is 0 Å². The van der Waals surface area contributed by atoms with Gasteiger partial charge in [0.2, 0.25) is 0 Å². The molecule has 0 unspecified atom stereocenters. The smallest absolute Gasteiger partial charge is 0.124 e. The molecule has 1 aromatic carbocycles. The number of rotatable bonds is 1. The summed E-state index contributed by atoms with van der Waals surface area (Å²) in [4.78, 5) is 0. The van der Waals surface area contributed by atoms with Crippen LogP contribution in [0.25, 0.3) is 0 Å². The van der Waals surface area contributed by atoms with E-state index in [9.17, 15) is 4.39 Å². The van der Waals surface area contributed by atoms with Crippen LogP contribution in [0.15, 0.2) is 22.7 Å². The Hall–Kier alpha value is -0.410. The Labute approximate surface area is 73.5 Å². The lowest BCUT2D eigenvalue weighted by atomic mass is 10.1. The molecule has 60 valence electrons. The highest BCUT2D eigenvalue weighted by Gasteiger charge is 2.04. The quantitative estimate of drug-likeness (QED) is 0.770. The molecule has 3 heteroatoms. The first-order chi connectivity index (χ1) is 5.11. The number of hydrogen-bond acceptors (Lipinski definition) is 1. The first-order valence-corrected chi connectivity index (χ1v) is 4.11. The van der Waals surface area contributed by atoms with Gasteiger partial charge in [0, 0.05) is 10.5 Å². The van der Waals surface area contributed by atoms with Gasteiger partial charge in [-0.1, -0.05) is 22.0 Å². The maximum Gasteiger partial charge on any atom is 0.124 e. The molecule has 1 rings (SSSR count). The predicted molar refractivity (Wildman–Crippen MR) is 46.7 cm³/mol. The van der Waals surface area contributed by atoms with E-state index in [1.165, 1.54) is 12.1 Å². The molecule has 0 amide bonds. The van der Waals surface area contributed by atoms with Crippen LogP contribution in [0.5, 0.6) is 0 Å². The maximum absolute atomic E-state index is 12.5. The highest BCUT2D eigenvalue weighted by atomic mass is 79.9. The van der Waals surface area contributed by atoms with Crippen LogP contribution in [-0.4, -0.2) is 0 Å². The molecule has 0 aliphatic carbocycles. The van der Waals surface area contributed by atoms with Crippen LogP contribution < -0.4 is 5.73 Å². The van der Waals surface area contributed by atoms with E-state index in [4.69, 9.17) is 5.73 Å². The average molecular weight is 218 g/mol. The molecule has 11 heavy (non-hydrogen) atoms. The number of nitrogens with two attached hydrogens (primary N) is 1. The summed E-state index contributed by atoms with van der Waals surface area (Å²) in [6.45, 7) is 1.86. The highest BCUT2D eigenvalue weighted by molar-refractivity contribution is 9.10. The van der Waals surface area contributed by atoms with Crippen LogP contribution >= 0.6 is 15.9 Å². The Morgan fingerprint density at radius 2 is 2.18 bits per heavy atom. The van der Waals surface area contributed by atoms with Gasteiger partial charge in [0.05, 0.1) is 0 Å². The van der Waals surface area contributed by atoms with Gasteiger partial charge < -0.3 is 5.73 Å². The lowest BCUT2D eigenvalue weighted by Crippen LogP contribution is -2.05. The summed E-state index contributed by atoms with van der Waals surface area (Å²) in [6.07, 6.45) is 0. The molecule has 0 saturated carbocycles. The molecular formula is C8H9BrFN. The Balaban J connectivity index is 3.09. The van der Waals surface area contributed by atoms with Crippen LogP contribution in [0, 0.1) is 5.82 Å². The summed E-state index contributed by atoms with van der Waals surface area (Å²) in [5.41, 5.74) is 6.53. The minimum atomic E-state index is -0.249. The third kappa shape index (κ3) is 2.01. The molecule has 0 fully saturated rings. The van der Waals surface area contributed by atoms with Gasteiger partial charge in [-0.15, -0.1) is 0 Å². The lowest BCUT2D eigenvalue weighted by molar-refractivity contribution is 0.624. The van der Waals surface area contributed by atoms with Crippen molar-refractivity contribution in [3.63, 3.8) is 0 Å². The van der Waals surface area contributed by atoms with Gasteiger partial charge in [0.25, 0.3) is 0 Å². The SMILES string of the molecule is C[C@H](N)c1ccc(F)cc1Br. The van der Waals surface area contributed by atoms with E-state index in [0.717, 1.165) is 10.0 Å². The van der Waals surface area contributed by atoms with Crippen molar-refractivity contribution >= 4 is 15.9 Å². The Kier molecular flexibility index (Phi) is 2.62. The Bertz CT molecular complexity index is 260. The Morgan fingerprint density at radius 1 is 1.55 bits per heavy atom. The minimum Gasteiger partial charge on any atom is -0.324 e. The largest absolute Gasteiger partial charge is 0.324 e. The summed E-state index contributed by atoms with van der Waals surface area (Å²) in [5.74, 6) is -0.249. The van der Waals surface area contributed by atoms with Gasteiger partial charge in [-0.25, -0.2) is 4.39 Å². The van der Waals surface area contributed by atoms with Crippen LogP contribution in [0.1, 0.15) is 18.5 Å². The number of benzene rings is 1. The van der Waals surface area contributed by atoms with Crippen LogP contribution in [0.2, 0.25) is 0 Å².